The van der Waals surface area contributed by atoms with Crippen LogP contribution < -0.4 is 0 Å². The molecule has 1 saturated carbocycles. The van der Waals surface area contributed by atoms with Gasteiger partial charge in [0.25, 0.3) is 0 Å². The molecule has 0 unspecified atom stereocenters. The first kappa shape index (κ1) is 12.9. The quantitative estimate of drug-likeness (QED) is 0.753. The fraction of sp³-hybridized carbons (Fsp3) is 0.929. The molecule has 17 heavy (non-hydrogen) atoms. The lowest BCUT2D eigenvalue weighted by atomic mass is 9.85. The van der Waals surface area contributed by atoms with Gasteiger partial charge in [-0.1, -0.05) is 32.6 Å². The van der Waals surface area contributed by atoms with Gasteiger partial charge in [-0.3, -0.25) is 9.69 Å². The highest BCUT2D eigenvalue weighted by Crippen LogP contribution is 2.35. The molecule has 2 rings (SSSR count). The lowest BCUT2D eigenvalue weighted by Crippen LogP contribution is -2.56. The summed E-state index contributed by atoms with van der Waals surface area (Å²) >= 11 is 0. The fourth-order valence-corrected chi connectivity index (χ4v) is 3.42. The van der Waals surface area contributed by atoms with E-state index in [1.807, 2.05) is 0 Å². The van der Waals surface area contributed by atoms with E-state index in [9.17, 15) is 9.90 Å². The van der Waals surface area contributed by atoms with Gasteiger partial charge < -0.3 is 5.11 Å². The first-order valence-corrected chi connectivity index (χ1v) is 7.13. The van der Waals surface area contributed by atoms with Crippen LogP contribution in [-0.2, 0) is 4.79 Å². The maximum absolute atomic E-state index is 11.8. The molecule has 0 atom stereocenters. The molecule has 2 fully saturated rings. The number of piperidine rings is 1. The minimum atomic E-state index is -0.575. The molecule has 0 amide bonds. The van der Waals surface area contributed by atoms with Crippen LogP contribution in [0.25, 0.3) is 0 Å². The standard InChI is InChI=1S/C14H25NO2/c1-12-6-10-15(11-7-12)14(13(16)17)8-4-2-3-5-9-14/h12H,2-11H2,1H3,(H,16,17). The molecular weight excluding hydrogens is 214 g/mol. The Bertz CT molecular complexity index is 261. The summed E-state index contributed by atoms with van der Waals surface area (Å²) in [6.07, 6.45) is 8.62. The van der Waals surface area contributed by atoms with Crippen molar-refractivity contribution in [3.05, 3.63) is 0 Å². The highest BCUT2D eigenvalue weighted by molar-refractivity contribution is 5.78. The average Bonchev–Trinajstić information content (AvgIpc) is 2.56. The SMILES string of the molecule is CC1CCN(C2(C(=O)O)CCCCCC2)CC1. The summed E-state index contributed by atoms with van der Waals surface area (Å²) in [5.74, 6) is 0.192. The van der Waals surface area contributed by atoms with Crippen LogP contribution in [0, 0.1) is 5.92 Å². The Morgan fingerprint density at radius 3 is 2.12 bits per heavy atom. The van der Waals surface area contributed by atoms with Crippen molar-refractivity contribution in [2.75, 3.05) is 13.1 Å². The van der Waals surface area contributed by atoms with Crippen LogP contribution >= 0.6 is 0 Å². The van der Waals surface area contributed by atoms with E-state index in [-0.39, 0.29) is 0 Å². The minimum Gasteiger partial charge on any atom is -0.480 e. The predicted octanol–water partition coefficient (Wildman–Crippen LogP) is 2.90. The molecule has 3 heteroatoms. The molecule has 98 valence electrons. The number of aliphatic carboxylic acids is 1. The summed E-state index contributed by atoms with van der Waals surface area (Å²) in [6.45, 7) is 4.23. The van der Waals surface area contributed by atoms with Gasteiger partial charge in [0.1, 0.15) is 5.54 Å². The van der Waals surface area contributed by atoms with E-state index >= 15 is 0 Å². The van der Waals surface area contributed by atoms with Crippen molar-refractivity contribution >= 4 is 5.97 Å². The van der Waals surface area contributed by atoms with Crippen LogP contribution in [0.2, 0.25) is 0 Å². The molecule has 1 N–H and O–H groups in total. The first-order chi connectivity index (χ1) is 8.15. The van der Waals surface area contributed by atoms with Gasteiger partial charge in [0.05, 0.1) is 0 Å². The summed E-state index contributed by atoms with van der Waals surface area (Å²) < 4.78 is 0. The van der Waals surface area contributed by atoms with Crippen LogP contribution in [0.3, 0.4) is 0 Å². The Morgan fingerprint density at radius 2 is 1.65 bits per heavy atom. The number of carbonyl (C=O) groups is 1. The number of hydrogen-bond donors (Lipinski definition) is 1. The van der Waals surface area contributed by atoms with Crippen molar-refractivity contribution in [1.82, 2.24) is 4.90 Å². The number of rotatable bonds is 2. The Hall–Kier alpha value is -0.570. The van der Waals surface area contributed by atoms with Crippen molar-refractivity contribution in [2.45, 2.75) is 63.8 Å². The van der Waals surface area contributed by atoms with E-state index in [0.717, 1.165) is 57.5 Å². The van der Waals surface area contributed by atoms with Gasteiger partial charge in [-0.05, 0) is 44.7 Å². The Kier molecular flexibility index (Phi) is 4.08. The molecular formula is C14H25NO2. The van der Waals surface area contributed by atoms with Crippen LogP contribution in [0.5, 0.6) is 0 Å². The number of nitrogens with zero attached hydrogens (tertiary/aromatic N) is 1. The van der Waals surface area contributed by atoms with Crippen molar-refractivity contribution in [3.63, 3.8) is 0 Å². The van der Waals surface area contributed by atoms with Crippen LogP contribution in [-0.4, -0.2) is 34.6 Å². The summed E-state index contributed by atoms with van der Waals surface area (Å²) in [6, 6.07) is 0. The van der Waals surface area contributed by atoms with Gasteiger partial charge in [-0.2, -0.15) is 0 Å². The van der Waals surface area contributed by atoms with E-state index < -0.39 is 11.5 Å². The molecule has 1 aliphatic heterocycles. The molecule has 0 radical (unpaired) electrons. The molecule has 0 aromatic carbocycles. The number of carboxylic acid groups (broad SMARTS) is 1. The molecule has 3 nitrogen and oxygen atoms in total. The fourth-order valence-electron chi connectivity index (χ4n) is 3.42. The van der Waals surface area contributed by atoms with Gasteiger partial charge in [0.15, 0.2) is 0 Å². The summed E-state index contributed by atoms with van der Waals surface area (Å²) in [4.78, 5) is 14.0. The Morgan fingerprint density at radius 1 is 1.12 bits per heavy atom. The van der Waals surface area contributed by atoms with E-state index in [2.05, 4.69) is 11.8 Å². The third kappa shape index (κ3) is 2.65. The van der Waals surface area contributed by atoms with Crippen molar-refractivity contribution < 1.29 is 9.90 Å². The monoisotopic (exact) mass is 239 g/mol. The van der Waals surface area contributed by atoms with E-state index in [0.29, 0.717) is 0 Å². The topological polar surface area (TPSA) is 40.5 Å². The van der Waals surface area contributed by atoms with Crippen molar-refractivity contribution in [1.29, 1.82) is 0 Å². The van der Waals surface area contributed by atoms with E-state index in [1.165, 1.54) is 12.8 Å². The van der Waals surface area contributed by atoms with E-state index in [1.54, 1.807) is 0 Å². The highest BCUT2D eigenvalue weighted by Gasteiger charge is 2.44. The Labute approximate surface area is 104 Å². The second kappa shape index (κ2) is 5.38. The lowest BCUT2D eigenvalue weighted by Gasteiger charge is -2.43. The minimum absolute atomic E-state index is 0.531. The highest BCUT2D eigenvalue weighted by atomic mass is 16.4. The van der Waals surface area contributed by atoms with Crippen LogP contribution in [0.4, 0.5) is 0 Å². The first-order valence-electron chi connectivity index (χ1n) is 7.13. The van der Waals surface area contributed by atoms with Gasteiger partial charge in [0.2, 0.25) is 0 Å². The number of carboxylic acids is 1. The molecule has 1 aliphatic carbocycles. The van der Waals surface area contributed by atoms with Gasteiger partial charge in [-0.15, -0.1) is 0 Å². The Balaban J connectivity index is 2.12. The lowest BCUT2D eigenvalue weighted by molar-refractivity contribution is -0.154. The van der Waals surface area contributed by atoms with Crippen LogP contribution in [0.15, 0.2) is 0 Å². The molecule has 1 heterocycles. The molecule has 0 aromatic rings. The molecule has 0 spiro atoms. The molecule has 1 saturated heterocycles. The van der Waals surface area contributed by atoms with Gasteiger partial charge >= 0.3 is 5.97 Å². The second-order valence-electron chi connectivity index (χ2n) is 5.92. The predicted molar refractivity (Wildman–Crippen MR) is 68.0 cm³/mol. The summed E-state index contributed by atoms with van der Waals surface area (Å²) in [5, 5.41) is 9.69. The number of likely N-dealkylation sites (tertiary alicyclic amines) is 1. The second-order valence-corrected chi connectivity index (χ2v) is 5.92. The zero-order valence-corrected chi connectivity index (χ0v) is 11.0. The number of hydrogen-bond acceptors (Lipinski definition) is 2. The zero-order valence-electron chi connectivity index (χ0n) is 11.0. The third-order valence-electron chi connectivity index (χ3n) is 4.72. The largest absolute Gasteiger partial charge is 0.480 e. The van der Waals surface area contributed by atoms with E-state index in [4.69, 9.17) is 0 Å². The van der Waals surface area contributed by atoms with Gasteiger partial charge in [-0.25, -0.2) is 0 Å². The third-order valence-corrected chi connectivity index (χ3v) is 4.72. The summed E-state index contributed by atoms with van der Waals surface area (Å²) in [5.41, 5.74) is -0.531. The molecule has 2 aliphatic rings. The van der Waals surface area contributed by atoms with Crippen molar-refractivity contribution in [3.8, 4) is 0 Å². The van der Waals surface area contributed by atoms with Crippen LogP contribution in [0.1, 0.15) is 58.3 Å². The molecule has 0 aromatic heterocycles. The smallest absolute Gasteiger partial charge is 0.324 e. The summed E-state index contributed by atoms with van der Waals surface area (Å²) in [7, 11) is 0. The normalized spacial score (nSPS) is 27.6. The maximum atomic E-state index is 11.8. The maximum Gasteiger partial charge on any atom is 0.324 e. The average molecular weight is 239 g/mol. The molecule has 0 bridgehead atoms. The van der Waals surface area contributed by atoms with Gasteiger partial charge in [0, 0.05) is 0 Å². The zero-order chi connectivity index (χ0) is 12.3. The van der Waals surface area contributed by atoms with Crippen molar-refractivity contribution in [2.24, 2.45) is 5.92 Å².